The Hall–Kier alpha value is -1.83. The van der Waals surface area contributed by atoms with E-state index in [4.69, 9.17) is 21.6 Å². The molecule has 0 radical (unpaired) electrons. The molecule has 1 saturated heterocycles. The van der Waals surface area contributed by atoms with Crippen molar-refractivity contribution in [2.45, 2.75) is 24.5 Å². The van der Waals surface area contributed by atoms with Crippen LogP contribution in [0.15, 0.2) is 29.2 Å². The largest absolute Gasteiger partial charge is 0.353 e. The van der Waals surface area contributed by atoms with Crippen LogP contribution in [-0.2, 0) is 10.5 Å². The standard InChI is InChI=1S/C19H19ClN4OS2/c1-11-12(2)27-19-17(11)18(24-8-7-21-16(25)9-24)22-15(23-19)10-26-14-5-3-13(20)4-6-14/h3-6H,7-10H2,1-2H3,(H,21,25). The van der Waals surface area contributed by atoms with Crippen LogP contribution in [0.5, 0.6) is 0 Å². The molecule has 5 nitrogen and oxygen atoms in total. The number of carbonyl (C=O) groups is 1. The fraction of sp³-hybridized carbons (Fsp3) is 0.316. The van der Waals surface area contributed by atoms with E-state index in [0.717, 1.165) is 38.3 Å². The minimum atomic E-state index is 0.0368. The first kappa shape index (κ1) is 18.5. The van der Waals surface area contributed by atoms with E-state index in [1.807, 2.05) is 24.3 Å². The first-order chi connectivity index (χ1) is 13.0. The van der Waals surface area contributed by atoms with Gasteiger partial charge in [0.15, 0.2) is 0 Å². The van der Waals surface area contributed by atoms with Gasteiger partial charge >= 0.3 is 0 Å². The summed E-state index contributed by atoms with van der Waals surface area (Å²) in [5.74, 6) is 2.36. The number of anilines is 1. The molecule has 1 amide bonds. The van der Waals surface area contributed by atoms with E-state index in [1.54, 1.807) is 23.1 Å². The summed E-state index contributed by atoms with van der Waals surface area (Å²) in [5.41, 5.74) is 1.20. The third-order valence-electron chi connectivity index (χ3n) is 4.58. The van der Waals surface area contributed by atoms with Crippen LogP contribution in [-0.4, -0.2) is 35.5 Å². The Labute approximate surface area is 171 Å². The van der Waals surface area contributed by atoms with Crippen molar-refractivity contribution < 1.29 is 4.79 Å². The van der Waals surface area contributed by atoms with Crippen LogP contribution < -0.4 is 10.2 Å². The molecular formula is C19H19ClN4OS2. The fourth-order valence-corrected chi connectivity index (χ4v) is 4.98. The highest BCUT2D eigenvalue weighted by molar-refractivity contribution is 7.98. The summed E-state index contributed by atoms with van der Waals surface area (Å²) in [7, 11) is 0. The molecule has 140 valence electrons. The Morgan fingerprint density at radius 3 is 2.78 bits per heavy atom. The van der Waals surface area contributed by atoms with Crippen molar-refractivity contribution in [3.63, 3.8) is 0 Å². The van der Waals surface area contributed by atoms with Crippen LogP contribution in [0.1, 0.15) is 16.3 Å². The van der Waals surface area contributed by atoms with Crippen molar-refractivity contribution in [2.75, 3.05) is 24.5 Å². The zero-order valence-corrected chi connectivity index (χ0v) is 17.5. The van der Waals surface area contributed by atoms with Crippen molar-refractivity contribution in [1.29, 1.82) is 0 Å². The molecule has 1 N–H and O–H groups in total. The van der Waals surface area contributed by atoms with E-state index in [9.17, 15) is 4.79 Å². The molecule has 1 aliphatic rings. The number of halogens is 1. The SMILES string of the molecule is Cc1sc2nc(CSc3ccc(Cl)cc3)nc(N3CCNC(=O)C3)c2c1C. The van der Waals surface area contributed by atoms with E-state index < -0.39 is 0 Å². The van der Waals surface area contributed by atoms with Gasteiger partial charge in [0.2, 0.25) is 5.91 Å². The zero-order chi connectivity index (χ0) is 19.0. The number of hydrogen-bond donors (Lipinski definition) is 1. The lowest BCUT2D eigenvalue weighted by molar-refractivity contribution is -0.120. The van der Waals surface area contributed by atoms with Gasteiger partial charge in [0.1, 0.15) is 16.5 Å². The average molecular weight is 419 g/mol. The number of rotatable bonds is 4. The van der Waals surface area contributed by atoms with E-state index >= 15 is 0 Å². The molecule has 0 aliphatic carbocycles. The minimum absolute atomic E-state index is 0.0368. The third kappa shape index (κ3) is 3.90. The van der Waals surface area contributed by atoms with Gasteiger partial charge in [-0.2, -0.15) is 0 Å². The van der Waals surface area contributed by atoms with E-state index in [0.29, 0.717) is 18.8 Å². The number of carbonyl (C=O) groups excluding carboxylic acids is 1. The Balaban J connectivity index is 1.69. The van der Waals surface area contributed by atoms with Crippen molar-refractivity contribution in [2.24, 2.45) is 0 Å². The lowest BCUT2D eigenvalue weighted by Gasteiger charge is -2.28. The monoisotopic (exact) mass is 418 g/mol. The molecule has 3 aromatic rings. The van der Waals surface area contributed by atoms with Crippen molar-refractivity contribution in [1.82, 2.24) is 15.3 Å². The number of nitrogens with one attached hydrogen (secondary N) is 1. The van der Waals surface area contributed by atoms with Crippen LogP contribution in [0.25, 0.3) is 10.2 Å². The second-order valence-electron chi connectivity index (χ2n) is 6.44. The summed E-state index contributed by atoms with van der Waals surface area (Å²) < 4.78 is 0. The molecule has 1 aliphatic heterocycles. The average Bonchev–Trinajstić information content (AvgIpc) is 2.94. The second-order valence-corrected chi connectivity index (χ2v) is 9.13. The summed E-state index contributed by atoms with van der Waals surface area (Å²) >= 11 is 9.33. The van der Waals surface area contributed by atoms with Gasteiger partial charge in [-0.3, -0.25) is 4.79 Å². The summed E-state index contributed by atoms with van der Waals surface area (Å²) in [4.78, 5) is 27.0. The summed E-state index contributed by atoms with van der Waals surface area (Å²) in [5, 5.41) is 4.68. The lowest BCUT2D eigenvalue weighted by atomic mass is 10.2. The fourth-order valence-electron chi connectivity index (χ4n) is 3.06. The van der Waals surface area contributed by atoms with Gasteiger partial charge in [-0.05, 0) is 43.7 Å². The number of nitrogens with zero attached hydrogens (tertiary/aromatic N) is 3. The first-order valence-corrected chi connectivity index (χ1v) is 10.9. The maximum atomic E-state index is 11.9. The Kier molecular flexibility index (Phi) is 5.25. The maximum absolute atomic E-state index is 11.9. The van der Waals surface area contributed by atoms with Crippen LogP contribution in [0.4, 0.5) is 5.82 Å². The van der Waals surface area contributed by atoms with Gasteiger partial charge in [-0.15, -0.1) is 23.1 Å². The van der Waals surface area contributed by atoms with E-state index in [1.165, 1.54) is 10.4 Å². The summed E-state index contributed by atoms with van der Waals surface area (Å²) in [6.45, 7) is 5.95. The number of hydrogen-bond acceptors (Lipinski definition) is 6. The molecule has 4 rings (SSSR count). The van der Waals surface area contributed by atoms with Gasteiger partial charge in [0.25, 0.3) is 0 Å². The molecule has 3 heterocycles. The van der Waals surface area contributed by atoms with Crippen LogP contribution >= 0.6 is 34.7 Å². The summed E-state index contributed by atoms with van der Waals surface area (Å²) in [6, 6.07) is 7.77. The molecule has 0 atom stereocenters. The normalized spacial score (nSPS) is 14.6. The van der Waals surface area contributed by atoms with E-state index in [2.05, 4.69) is 24.1 Å². The zero-order valence-electron chi connectivity index (χ0n) is 15.1. The maximum Gasteiger partial charge on any atom is 0.239 e. The molecule has 1 fully saturated rings. The van der Waals surface area contributed by atoms with Gasteiger partial charge < -0.3 is 10.2 Å². The number of amides is 1. The van der Waals surface area contributed by atoms with Crippen LogP contribution in [0.2, 0.25) is 5.02 Å². The van der Waals surface area contributed by atoms with Gasteiger partial charge in [0, 0.05) is 27.9 Å². The molecule has 0 spiro atoms. The van der Waals surface area contributed by atoms with Crippen molar-refractivity contribution in [3.05, 3.63) is 45.6 Å². The Morgan fingerprint density at radius 1 is 1.26 bits per heavy atom. The smallest absolute Gasteiger partial charge is 0.239 e. The molecule has 0 saturated carbocycles. The number of thioether (sulfide) groups is 1. The summed E-state index contributed by atoms with van der Waals surface area (Å²) in [6.07, 6.45) is 0. The molecule has 27 heavy (non-hydrogen) atoms. The lowest BCUT2D eigenvalue weighted by Crippen LogP contribution is -2.48. The first-order valence-electron chi connectivity index (χ1n) is 8.68. The van der Waals surface area contributed by atoms with Gasteiger partial charge in [-0.25, -0.2) is 9.97 Å². The molecule has 1 aromatic carbocycles. The van der Waals surface area contributed by atoms with Crippen molar-refractivity contribution in [3.8, 4) is 0 Å². The number of aromatic nitrogens is 2. The highest BCUT2D eigenvalue weighted by atomic mass is 35.5. The Morgan fingerprint density at radius 2 is 2.04 bits per heavy atom. The predicted octanol–water partition coefficient (Wildman–Crippen LogP) is 4.19. The minimum Gasteiger partial charge on any atom is -0.353 e. The number of thiophene rings is 1. The number of fused-ring (bicyclic) bond motifs is 1. The number of aryl methyl sites for hydroxylation is 2. The Bertz CT molecular complexity index is 1000. The molecule has 0 unspecified atom stereocenters. The highest BCUT2D eigenvalue weighted by Gasteiger charge is 2.23. The van der Waals surface area contributed by atoms with E-state index in [-0.39, 0.29) is 5.91 Å². The molecular weight excluding hydrogens is 400 g/mol. The van der Waals surface area contributed by atoms with Crippen LogP contribution in [0.3, 0.4) is 0 Å². The third-order valence-corrected chi connectivity index (χ3v) is 6.94. The van der Waals surface area contributed by atoms with Gasteiger partial charge in [0.05, 0.1) is 17.7 Å². The number of benzene rings is 1. The predicted molar refractivity (Wildman–Crippen MR) is 113 cm³/mol. The van der Waals surface area contributed by atoms with Crippen molar-refractivity contribution >= 4 is 56.6 Å². The number of piperazine rings is 1. The topological polar surface area (TPSA) is 58.1 Å². The highest BCUT2D eigenvalue weighted by Crippen LogP contribution is 2.36. The second kappa shape index (κ2) is 7.66. The molecule has 0 bridgehead atoms. The van der Waals surface area contributed by atoms with Crippen LogP contribution in [0, 0.1) is 13.8 Å². The quantitative estimate of drug-likeness (QED) is 0.644. The molecule has 8 heteroatoms. The van der Waals surface area contributed by atoms with Gasteiger partial charge in [-0.1, -0.05) is 11.6 Å². The molecule has 2 aromatic heterocycles.